The van der Waals surface area contributed by atoms with E-state index >= 15 is 0 Å². The molecule has 56 valence electrons. The molecule has 0 aliphatic rings. The van der Waals surface area contributed by atoms with E-state index in [4.69, 9.17) is 23.2 Å². The topological polar surface area (TPSA) is 34.1 Å². The van der Waals surface area contributed by atoms with Gasteiger partial charge in [-0.15, -0.1) is 0 Å². The molecule has 0 spiro atoms. The fourth-order valence-electron chi connectivity index (χ4n) is 0.470. The van der Waals surface area contributed by atoms with Crippen molar-refractivity contribution >= 4 is 33.7 Å². The smallest absolute Gasteiger partial charge is 0.257 e. The van der Waals surface area contributed by atoms with Crippen molar-refractivity contribution in [3.8, 4) is 0 Å². The summed E-state index contributed by atoms with van der Waals surface area (Å²) >= 11 is 10.1. The van der Waals surface area contributed by atoms with Gasteiger partial charge >= 0.3 is 0 Å². The second-order valence-corrected chi connectivity index (χ2v) is 2.61. The molecule has 0 aromatic heterocycles. The summed E-state index contributed by atoms with van der Waals surface area (Å²) in [5.41, 5.74) is 0.392. The Labute approximate surface area is 68.8 Å². The molecule has 0 aliphatic heterocycles. The number of allylic oxidation sites excluding steroid dienone is 2. The summed E-state index contributed by atoms with van der Waals surface area (Å²) in [5, 5.41) is -1.61. The van der Waals surface area contributed by atoms with Gasteiger partial charge in [0.05, 0.1) is 5.57 Å². The summed E-state index contributed by atoms with van der Waals surface area (Å²) in [6.07, 6.45) is 0. The van der Waals surface area contributed by atoms with Gasteiger partial charge in [-0.3, -0.25) is 9.59 Å². The molecule has 0 aromatic carbocycles. The lowest BCUT2D eigenvalue weighted by molar-refractivity contribution is -0.113. The van der Waals surface area contributed by atoms with Gasteiger partial charge in [0.1, 0.15) is 0 Å². The van der Waals surface area contributed by atoms with Crippen LogP contribution in [-0.2, 0) is 9.59 Å². The molecule has 0 bridgehead atoms. The minimum atomic E-state index is -0.806. The van der Waals surface area contributed by atoms with Crippen LogP contribution in [0.3, 0.4) is 0 Å². The van der Waals surface area contributed by atoms with Gasteiger partial charge in [0.2, 0.25) is 0 Å². The van der Waals surface area contributed by atoms with Crippen LogP contribution in [0.15, 0.2) is 11.1 Å². The van der Waals surface area contributed by atoms with E-state index in [9.17, 15) is 9.59 Å². The highest BCUT2D eigenvalue weighted by Gasteiger charge is 2.14. The SMILES string of the molecule is CC(C)=C(C(=O)Cl)C(=O)Cl. The number of hydrogen-bond donors (Lipinski definition) is 0. The van der Waals surface area contributed by atoms with E-state index in [0.29, 0.717) is 5.57 Å². The highest BCUT2D eigenvalue weighted by molar-refractivity contribution is 6.79. The maximum absolute atomic E-state index is 10.4. The van der Waals surface area contributed by atoms with E-state index < -0.39 is 10.5 Å². The predicted molar refractivity (Wildman–Crippen MR) is 40.1 cm³/mol. The minimum absolute atomic E-state index is 0.136. The van der Waals surface area contributed by atoms with E-state index in [1.165, 1.54) is 0 Å². The molecule has 0 N–H and O–H groups in total. The van der Waals surface area contributed by atoms with E-state index in [1.54, 1.807) is 13.8 Å². The van der Waals surface area contributed by atoms with Gasteiger partial charge in [0, 0.05) is 0 Å². The molecule has 4 heteroatoms. The summed E-state index contributed by atoms with van der Waals surface area (Å²) < 4.78 is 0. The third-order valence-corrected chi connectivity index (χ3v) is 1.27. The van der Waals surface area contributed by atoms with Crippen molar-refractivity contribution in [3.05, 3.63) is 11.1 Å². The fourth-order valence-corrected chi connectivity index (χ4v) is 1.07. The van der Waals surface area contributed by atoms with Gasteiger partial charge in [-0.2, -0.15) is 0 Å². The maximum atomic E-state index is 10.4. The van der Waals surface area contributed by atoms with Crippen molar-refractivity contribution < 1.29 is 9.59 Å². The van der Waals surface area contributed by atoms with E-state index in [2.05, 4.69) is 0 Å². The van der Waals surface area contributed by atoms with Crippen molar-refractivity contribution in [1.82, 2.24) is 0 Å². The Morgan fingerprint density at radius 2 is 1.30 bits per heavy atom. The first-order chi connectivity index (χ1) is 4.46. The molecular weight excluding hydrogens is 175 g/mol. The molecule has 0 radical (unpaired) electrons. The van der Waals surface area contributed by atoms with Crippen LogP contribution >= 0.6 is 23.2 Å². The molecule has 0 saturated heterocycles. The van der Waals surface area contributed by atoms with Crippen molar-refractivity contribution in [2.45, 2.75) is 13.8 Å². The summed E-state index contributed by atoms with van der Waals surface area (Å²) in [4.78, 5) is 20.9. The third-order valence-electron chi connectivity index (χ3n) is 0.893. The molecule has 0 aliphatic carbocycles. The quantitative estimate of drug-likeness (QED) is 0.282. The second-order valence-electron chi connectivity index (χ2n) is 1.92. The lowest BCUT2D eigenvalue weighted by Gasteiger charge is -1.95. The summed E-state index contributed by atoms with van der Waals surface area (Å²) in [7, 11) is 0. The van der Waals surface area contributed by atoms with Crippen molar-refractivity contribution in [1.29, 1.82) is 0 Å². The Balaban J connectivity index is 4.79. The van der Waals surface area contributed by atoms with Crippen LogP contribution in [0.2, 0.25) is 0 Å². The second kappa shape index (κ2) is 3.74. The van der Waals surface area contributed by atoms with Crippen LogP contribution < -0.4 is 0 Å². The first-order valence-corrected chi connectivity index (χ1v) is 3.29. The molecule has 0 heterocycles. The molecule has 10 heavy (non-hydrogen) atoms. The van der Waals surface area contributed by atoms with Crippen molar-refractivity contribution in [2.75, 3.05) is 0 Å². The van der Waals surface area contributed by atoms with Crippen molar-refractivity contribution in [3.63, 3.8) is 0 Å². The normalized spacial score (nSPS) is 8.80. The molecule has 0 saturated carbocycles. The highest BCUT2D eigenvalue weighted by Crippen LogP contribution is 2.10. The third kappa shape index (κ3) is 2.50. The zero-order valence-electron chi connectivity index (χ0n) is 5.57. The number of halogens is 2. The lowest BCUT2D eigenvalue weighted by Crippen LogP contribution is -2.03. The molecule has 0 aromatic rings. The average molecular weight is 181 g/mol. The molecule has 0 fully saturated rings. The lowest BCUT2D eigenvalue weighted by atomic mass is 10.2. The summed E-state index contributed by atoms with van der Waals surface area (Å²) in [6, 6.07) is 0. The standard InChI is InChI=1S/C6H6Cl2O2/c1-3(2)4(5(7)9)6(8)10/h1-2H3. The Morgan fingerprint density at radius 1 is 1.00 bits per heavy atom. The Kier molecular flexibility index (Phi) is 3.61. The molecular formula is C6H6Cl2O2. The number of carbonyl (C=O) groups excluding carboxylic acids is 2. The molecule has 0 unspecified atom stereocenters. The van der Waals surface area contributed by atoms with Gasteiger partial charge < -0.3 is 0 Å². The number of rotatable bonds is 2. The molecule has 0 amide bonds. The van der Waals surface area contributed by atoms with Crippen LogP contribution in [0, 0.1) is 0 Å². The summed E-state index contributed by atoms with van der Waals surface area (Å²) in [5.74, 6) is 0. The van der Waals surface area contributed by atoms with E-state index in [-0.39, 0.29) is 5.57 Å². The molecule has 0 rings (SSSR count). The van der Waals surface area contributed by atoms with E-state index in [0.717, 1.165) is 0 Å². The maximum Gasteiger partial charge on any atom is 0.257 e. The largest absolute Gasteiger partial charge is 0.275 e. The monoisotopic (exact) mass is 180 g/mol. The van der Waals surface area contributed by atoms with Gasteiger partial charge in [0.15, 0.2) is 0 Å². The molecule has 2 nitrogen and oxygen atoms in total. The Morgan fingerprint density at radius 3 is 1.30 bits per heavy atom. The fraction of sp³-hybridized carbons (Fsp3) is 0.333. The first kappa shape index (κ1) is 9.66. The number of hydrogen-bond acceptors (Lipinski definition) is 2. The van der Waals surface area contributed by atoms with Gasteiger partial charge in [-0.1, -0.05) is 5.57 Å². The zero-order chi connectivity index (χ0) is 8.31. The highest BCUT2D eigenvalue weighted by atomic mass is 35.5. The van der Waals surface area contributed by atoms with E-state index in [1.807, 2.05) is 0 Å². The van der Waals surface area contributed by atoms with Gasteiger partial charge in [-0.25, -0.2) is 0 Å². The van der Waals surface area contributed by atoms with Gasteiger partial charge in [-0.05, 0) is 37.0 Å². The van der Waals surface area contributed by atoms with Crippen LogP contribution in [0.4, 0.5) is 0 Å². The van der Waals surface area contributed by atoms with Crippen molar-refractivity contribution in [2.24, 2.45) is 0 Å². The predicted octanol–water partition coefficient (Wildman–Crippen LogP) is 1.85. The van der Waals surface area contributed by atoms with Crippen LogP contribution in [0.25, 0.3) is 0 Å². The van der Waals surface area contributed by atoms with Crippen LogP contribution in [-0.4, -0.2) is 10.5 Å². The Bertz CT molecular complexity index is 186. The Hall–Kier alpha value is -0.340. The summed E-state index contributed by atoms with van der Waals surface area (Å²) in [6.45, 7) is 3.19. The van der Waals surface area contributed by atoms with Crippen LogP contribution in [0.1, 0.15) is 13.8 Å². The zero-order valence-corrected chi connectivity index (χ0v) is 7.08. The first-order valence-electron chi connectivity index (χ1n) is 2.54. The van der Waals surface area contributed by atoms with Gasteiger partial charge in [0.25, 0.3) is 10.5 Å². The number of carbonyl (C=O) groups is 2. The average Bonchev–Trinajstić information content (AvgIpc) is 1.59. The molecule has 0 atom stereocenters. The van der Waals surface area contributed by atoms with Crippen LogP contribution in [0.5, 0.6) is 0 Å². The minimum Gasteiger partial charge on any atom is -0.275 e.